The van der Waals surface area contributed by atoms with Crippen molar-refractivity contribution >= 4 is 5.69 Å². The van der Waals surface area contributed by atoms with Gasteiger partial charge in [-0.1, -0.05) is 0 Å². The first-order chi connectivity index (χ1) is 4.83. The first-order valence-corrected chi connectivity index (χ1v) is 4.25. The van der Waals surface area contributed by atoms with Gasteiger partial charge in [0.2, 0.25) is 0 Å². The zero-order valence-corrected chi connectivity index (χ0v) is 8.68. The Morgan fingerprint density at radius 1 is 1.30 bits per heavy atom. The van der Waals surface area contributed by atoms with Crippen molar-refractivity contribution in [3.8, 4) is 0 Å². The molecule has 1 aromatic rings. The maximum atomic E-state index is 5.49. The SMILES string of the molecule is Nc1ccc(C[O][Zn])cc1. The van der Waals surface area contributed by atoms with E-state index in [1.807, 2.05) is 24.3 Å². The normalized spacial score (nSPS) is 9.80. The van der Waals surface area contributed by atoms with E-state index < -0.39 is 0 Å². The topological polar surface area (TPSA) is 35.2 Å². The summed E-state index contributed by atoms with van der Waals surface area (Å²) in [6.45, 7) is 0.709. The molecule has 2 nitrogen and oxygen atoms in total. The summed E-state index contributed by atoms with van der Waals surface area (Å²) in [5, 5.41) is 0. The number of anilines is 1. The number of rotatable bonds is 2. The second-order valence-electron chi connectivity index (χ2n) is 2.09. The van der Waals surface area contributed by atoms with Crippen molar-refractivity contribution in [3.63, 3.8) is 0 Å². The van der Waals surface area contributed by atoms with Crippen LogP contribution < -0.4 is 5.73 Å². The molecule has 0 bridgehead atoms. The predicted molar refractivity (Wildman–Crippen MR) is 35.6 cm³/mol. The third-order valence-corrected chi connectivity index (χ3v) is 1.68. The number of benzene rings is 1. The van der Waals surface area contributed by atoms with Crippen LogP contribution in [0.15, 0.2) is 24.3 Å². The Balaban J connectivity index is 2.69. The molecule has 2 N–H and O–H groups in total. The molecule has 0 fully saturated rings. The quantitative estimate of drug-likeness (QED) is 0.559. The van der Waals surface area contributed by atoms with Crippen LogP contribution in [0.5, 0.6) is 0 Å². The maximum absolute atomic E-state index is 5.49. The first kappa shape index (κ1) is 7.71. The van der Waals surface area contributed by atoms with E-state index in [1.165, 1.54) is 5.56 Å². The van der Waals surface area contributed by atoms with Crippen molar-refractivity contribution in [3.05, 3.63) is 29.8 Å². The van der Waals surface area contributed by atoms with Crippen molar-refractivity contribution in [2.24, 2.45) is 0 Å². The van der Waals surface area contributed by atoms with Gasteiger partial charge in [-0.3, -0.25) is 0 Å². The summed E-state index contributed by atoms with van der Waals surface area (Å²) >= 11 is 0.879. The molecule has 0 spiro atoms. The minimum atomic E-state index is 0.709. The third kappa shape index (κ3) is 2.09. The van der Waals surface area contributed by atoms with Gasteiger partial charge in [0.15, 0.2) is 0 Å². The average Bonchev–Trinajstić information content (AvgIpc) is 1.95. The molecule has 0 amide bonds. The van der Waals surface area contributed by atoms with E-state index in [-0.39, 0.29) is 0 Å². The molecular weight excluding hydrogens is 179 g/mol. The fourth-order valence-corrected chi connectivity index (χ4v) is 1.23. The van der Waals surface area contributed by atoms with Crippen LogP contribution in [0.4, 0.5) is 5.69 Å². The predicted octanol–water partition coefficient (Wildman–Crippen LogP) is 1.25. The van der Waals surface area contributed by atoms with Crippen molar-refractivity contribution in [2.75, 3.05) is 5.73 Å². The van der Waals surface area contributed by atoms with Gasteiger partial charge in [-0.05, 0) is 0 Å². The number of nitrogens with two attached hydrogens (primary N) is 1. The summed E-state index contributed by atoms with van der Waals surface area (Å²) in [4.78, 5) is 0. The first-order valence-electron chi connectivity index (χ1n) is 3.04. The molecule has 0 radical (unpaired) electrons. The van der Waals surface area contributed by atoms with Gasteiger partial charge >= 0.3 is 70.1 Å². The van der Waals surface area contributed by atoms with Gasteiger partial charge in [0.05, 0.1) is 0 Å². The molecule has 1 aromatic carbocycles. The van der Waals surface area contributed by atoms with E-state index in [0.29, 0.717) is 6.61 Å². The van der Waals surface area contributed by atoms with Crippen LogP contribution in [0.2, 0.25) is 0 Å². The standard InChI is InChI=1S/C7H8NO.Zn/c8-7-3-1-6(5-9)2-4-7;/h1-4H,5,8H2;/q-1;+1. The fraction of sp³-hybridized carbons (Fsp3) is 0.143. The summed E-state index contributed by atoms with van der Waals surface area (Å²) in [5.74, 6) is 0. The van der Waals surface area contributed by atoms with Gasteiger partial charge in [-0.15, -0.1) is 0 Å². The van der Waals surface area contributed by atoms with E-state index >= 15 is 0 Å². The summed E-state index contributed by atoms with van der Waals surface area (Å²) in [7, 11) is 0. The van der Waals surface area contributed by atoms with Crippen LogP contribution in [0.3, 0.4) is 0 Å². The van der Waals surface area contributed by atoms with Crippen molar-refractivity contribution in [1.82, 2.24) is 0 Å². The van der Waals surface area contributed by atoms with Crippen molar-refractivity contribution in [1.29, 1.82) is 0 Å². The van der Waals surface area contributed by atoms with Crippen LogP contribution in [-0.4, -0.2) is 0 Å². The molecular formula is C7H8NOZn. The molecule has 49 valence electrons. The van der Waals surface area contributed by atoms with E-state index in [2.05, 4.69) is 0 Å². The second-order valence-corrected chi connectivity index (χ2v) is 2.95. The third-order valence-electron chi connectivity index (χ3n) is 1.25. The molecule has 0 aliphatic carbocycles. The molecule has 0 saturated carbocycles. The summed E-state index contributed by atoms with van der Waals surface area (Å²) in [6.07, 6.45) is 0. The van der Waals surface area contributed by atoms with Crippen LogP contribution in [0.25, 0.3) is 0 Å². The molecule has 0 aliphatic rings. The number of hydrogen-bond acceptors (Lipinski definition) is 2. The number of hydrogen-bond donors (Lipinski definition) is 1. The molecule has 0 unspecified atom stereocenters. The van der Waals surface area contributed by atoms with Gasteiger partial charge < -0.3 is 0 Å². The van der Waals surface area contributed by atoms with Crippen LogP contribution in [-0.2, 0) is 28.8 Å². The van der Waals surface area contributed by atoms with E-state index in [4.69, 9.17) is 9.30 Å². The van der Waals surface area contributed by atoms with Gasteiger partial charge in [0.1, 0.15) is 0 Å². The Hall–Kier alpha value is -0.397. The van der Waals surface area contributed by atoms with Gasteiger partial charge in [-0.25, -0.2) is 0 Å². The van der Waals surface area contributed by atoms with Crippen LogP contribution in [0.1, 0.15) is 5.56 Å². The van der Waals surface area contributed by atoms with Crippen molar-refractivity contribution < 1.29 is 22.2 Å². The van der Waals surface area contributed by atoms with Gasteiger partial charge in [0, 0.05) is 0 Å². The molecule has 0 aromatic heterocycles. The summed E-state index contributed by atoms with van der Waals surface area (Å²) in [6, 6.07) is 7.72. The zero-order valence-electron chi connectivity index (χ0n) is 5.71. The zero-order chi connectivity index (χ0) is 7.40. The molecule has 3 heteroatoms. The molecule has 1 rings (SSSR count). The average molecular weight is 188 g/mol. The molecule has 0 aliphatic heterocycles. The van der Waals surface area contributed by atoms with Gasteiger partial charge in [-0.2, -0.15) is 0 Å². The molecule has 0 saturated heterocycles. The van der Waals surface area contributed by atoms with Crippen LogP contribution >= 0.6 is 0 Å². The monoisotopic (exact) mass is 186 g/mol. The molecule has 10 heavy (non-hydrogen) atoms. The van der Waals surface area contributed by atoms with E-state index in [0.717, 1.165) is 24.4 Å². The van der Waals surface area contributed by atoms with Gasteiger partial charge in [0.25, 0.3) is 0 Å². The Bertz CT molecular complexity index is 197. The van der Waals surface area contributed by atoms with Crippen molar-refractivity contribution in [2.45, 2.75) is 6.61 Å². The summed E-state index contributed by atoms with van der Waals surface area (Å²) in [5.41, 5.74) is 7.47. The minimum absolute atomic E-state index is 0.709. The fourth-order valence-electron chi connectivity index (χ4n) is 0.732. The Labute approximate surface area is 70.5 Å². The van der Waals surface area contributed by atoms with E-state index in [1.54, 1.807) is 0 Å². The van der Waals surface area contributed by atoms with E-state index in [9.17, 15) is 0 Å². The van der Waals surface area contributed by atoms with Crippen LogP contribution in [0, 0.1) is 0 Å². The Kier molecular flexibility index (Phi) is 2.85. The second kappa shape index (κ2) is 3.69. The Morgan fingerprint density at radius 2 is 1.90 bits per heavy atom. The molecule has 0 heterocycles. The number of nitrogen functional groups attached to an aromatic ring is 1. The summed E-state index contributed by atoms with van der Waals surface area (Å²) < 4.78 is 5.05. The molecule has 0 atom stereocenters. The Morgan fingerprint density at radius 3 is 2.40 bits per heavy atom.